The highest BCUT2D eigenvalue weighted by Crippen LogP contribution is 2.37. The normalized spacial score (nSPS) is 12.1. The van der Waals surface area contributed by atoms with Crippen LogP contribution >= 0.6 is 0 Å². The Morgan fingerprint density at radius 3 is 1.24 bits per heavy atom. The lowest BCUT2D eigenvalue weighted by Gasteiger charge is -2.01. The van der Waals surface area contributed by atoms with Crippen molar-refractivity contribution in [2.45, 2.75) is 65.2 Å². The fourth-order valence-corrected chi connectivity index (χ4v) is 5.63. The summed E-state index contributed by atoms with van der Waals surface area (Å²) in [6.07, 6.45) is 18.6. The first kappa shape index (κ1) is 27.8. The third kappa shape index (κ3) is 6.44. The van der Waals surface area contributed by atoms with Crippen LogP contribution in [0.25, 0.3) is 57.4 Å². The van der Waals surface area contributed by atoms with E-state index >= 15 is 0 Å². The lowest BCUT2D eigenvalue weighted by Crippen LogP contribution is -1.85. The molecule has 212 valence electrons. The van der Waals surface area contributed by atoms with Crippen molar-refractivity contribution in [1.82, 2.24) is 0 Å². The van der Waals surface area contributed by atoms with Crippen LogP contribution in [-0.4, -0.2) is 0 Å². The molecule has 0 aliphatic rings. The standard InChI is InChI=1S/C40H40O2/c1-3-5-7-9-29-11-15-31(16-12-29)19-21-33-23-25-35-37(27-33)41-40-36-26-24-34(28-38(36)42-39(35)40)22-20-32-17-13-30(14-18-32)10-8-6-4-2/h11-28H,3-10H2,1-2H3/b21-19+,22-20+. The van der Waals surface area contributed by atoms with Crippen molar-refractivity contribution in [3.63, 3.8) is 0 Å². The van der Waals surface area contributed by atoms with Crippen molar-refractivity contribution in [2.24, 2.45) is 0 Å². The molecule has 0 spiro atoms. The molecular weight excluding hydrogens is 512 g/mol. The first-order chi connectivity index (χ1) is 20.7. The summed E-state index contributed by atoms with van der Waals surface area (Å²) in [5.41, 5.74) is 10.8. The molecule has 0 atom stereocenters. The van der Waals surface area contributed by atoms with Gasteiger partial charge in [0.2, 0.25) is 0 Å². The number of furan rings is 2. The van der Waals surface area contributed by atoms with Crippen LogP contribution in [0.3, 0.4) is 0 Å². The Bertz CT molecular complexity index is 1690. The van der Waals surface area contributed by atoms with Gasteiger partial charge in [-0.25, -0.2) is 0 Å². The highest BCUT2D eigenvalue weighted by molar-refractivity contribution is 6.13. The van der Waals surface area contributed by atoms with Crippen LogP contribution in [0.5, 0.6) is 0 Å². The van der Waals surface area contributed by atoms with E-state index in [0.29, 0.717) is 0 Å². The number of aryl methyl sites for hydroxylation is 2. The highest BCUT2D eigenvalue weighted by atomic mass is 16.4. The van der Waals surface area contributed by atoms with E-state index in [0.717, 1.165) is 57.1 Å². The van der Waals surface area contributed by atoms with Crippen LogP contribution in [0.1, 0.15) is 85.8 Å². The maximum atomic E-state index is 6.33. The maximum Gasteiger partial charge on any atom is 0.181 e. The minimum Gasteiger partial charge on any atom is -0.452 e. The van der Waals surface area contributed by atoms with Gasteiger partial charge in [-0.15, -0.1) is 0 Å². The van der Waals surface area contributed by atoms with Crippen LogP contribution < -0.4 is 0 Å². The Hall–Kier alpha value is -4.30. The molecule has 2 heteroatoms. The zero-order chi connectivity index (χ0) is 28.7. The zero-order valence-electron chi connectivity index (χ0n) is 24.9. The smallest absolute Gasteiger partial charge is 0.181 e. The largest absolute Gasteiger partial charge is 0.452 e. The van der Waals surface area contributed by atoms with Crippen LogP contribution in [0.2, 0.25) is 0 Å². The first-order valence-corrected chi connectivity index (χ1v) is 15.6. The summed E-state index contributed by atoms with van der Waals surface area (Å²) in [5, 5.41) is 2.01. The number of fused-ring (bicyclic) bond motifs is 5. The quantitative estimate of drug-likeness (QED) is 0.111. The number of rotatable bonds is 12. The Labute approximate surface area is 249 Å². The molecule has 2 nitrogen and oxygen atoms in total. The van der Waals surface area contributed by atoms with Crippen molar-refractivity contribution >= 4 is 57.4 Å². The predicted molar refractivity (Wildman–Crippen MR) is 181 cm³/mol. The third-order valence-corrected chi connectivity index (χ3v) is 8.16. The molecule has 0 radical (unpaired) electrons. The molecule has 0 aliphatic heterocycles. The van der Waals surface area contributed by atoms with Gasteiger partial charge in [-0.2, -0.15) is 0 Å². The fourth-order valence-electron chi connectivity index (χ4n) is 5.63. The van der Waals surface area contributed by atoms with E-state index in [4.69, 9.17) is 8.83 Å². The van der Waals surface area contributed by atoms with Crippen molar-refractivity contribution in [1.29, 1.82) is 0 Å². The molecule has 42 heavy (non-hydrogen) atoms. The molecule has 0 aliphatic carbocycles. The minimum absolute atomic E-state index is 0.814. The first-order valence-electron chi connectivity index (χ1n) is 15.6. The van der Waals surface area contributed by atoms with E-state index in [9.17, 15) is 0 Å². The topological polar surface area (TPSA) is 26.3 Å². The third-order valence-electron chi connectivity index (χ3n) is 8.16. The maximum absolute atomic E-state index is 6.33. The predicted octanol–water partition coefficient (Wildman–Crippen LogP) is 12.1. The van der Waals surface area contributed by atoms with Gasteiger partial charge in [0.1, 0.15) is 11.2 Å². The second-order valence-electron chi connectivity index (χ2n) is 11.4. The van der Waals surface area contributed by atoms with E-state index in [1.165, 1.54) is 60.8 Å². The molecule has 6 rings (SSSR count). The molecule has 4 aromatic carbocycles. The van der Waals surface area contributed by atoms with Crippen LogP contribution in [-0.2, 0) is 12.8 Å². The van der Waals surface area contributed by atoms with E-state index in [2.05, 4.69) is 123 Å². The lowest BCUT2D eigenvalue weighted by atomic mass is 10.0. The fraction of sp³-hybridized carbons (Fsp3) is 0.250. The van der Waals surface area contributed by atoms with E-state index in [1.807, 2.05) is 0 Å². The van der Waals surface area contributed by atoms with Gasteiger partial charge in [0.05, 0.1) is 10.8 Å². The van der Waals surface area contributed by atoms with Gasteiger partial charge in [-0.3, -0.25) is 0 Å². The number of hydrogen-bond acceptors (Lipinski definition) is 2. The van der Waals surface area contributed by atoms with Crippen molar-refractivity contribution in [3.8, 4) is 0 Å². The minimum atomic E-state index is 0.814. The van der Waals surface area contributed by atoms with Crippen LogP contribution in [0, 0.1) is 0 Å². The van der Waals surface area contributed by atoms with Gasteiger partial charge in [-0.05, 0) is 83.3 Å². The molecule has 0 bridgehead atoms. The Morgan fingerprint density at radius 2 is 0.833 bits per heavy atom. The molecule has 0 amide bonds. The molecule has 2 heterocycles. The van der Waals surface area contributed by atoms with Crippen molar-refractivity contribution < 1.29 is 8.83 Å². The molecule has 0 saturated carbocycles. The van der Waals surface area contributed by atoms with E-state index in [-0.39, 0.29) is 0 Å². The lowest BCUT2D eigenvalue weighted by molar-refractivity contribution is 0.653. The summed E-state index contributed by atoms with van der Waals surface area (Å²) in [4.78, 5) is 0. The van der Waals surface area contributed by atoms with Crippen molar-refractivity contribution in [3.05, 3.63) is 118 Å². The summed E-state index contributed by atoms with van der Waals surface area (Å²) in [7, 11) is 0. The highest BCUT2D eigenvalue weighted by Gasteiger charge is 2.16. The summed E-state index contributed by atoms with van der Waals surface area (Å²) in [6, 6.07) is 30.5. The molecule has 0 N–H and O–H groups in total. The van der Waals surface area contributed by atoms with Gasteiger partial charge >= 0.3 is 0 Å². The van der Waals surface area contributed by atoms with Gasteiger partial charge < -0.3 is 8.83 Å². The van der Waals surface area contributed by atoms with Crippen molar-refractivity contribution in [2.75, 3.05) is 0 Å². The SMILES string of the molecule is CCCCCc1ccc(/C=C/c2ccc3c(c2)oc2c4ccc(/C=C/c5ccc(CCCCC)cc5)cc4oc32)cc1. The molecule has 2 aromatic heterocycles. The average molecular weight is 553 g/mol. The second-order valence-corrected chi connectivity index (χ2v) is 11.4. The summed E-state index contributed by atoms with van der Waals surface area (Å²) < 4.78 is 12.7. The van der Waals surface area contributed by atoms with Gasteiger partial charge in [-0.1, -0.05) is 124 Å². The molecule has 6 aromatic rings. The monoisotopic (exact) mass is 552 g/mol. The number of unbranched alkanes of at least 4 members (excludes halogenated alkanes) is 4. The van der Waals surface area contributed by atoms with Gasteiger partial charge in [0, 0.05) is 0 Å². The Morgan fingerprint density at radius 1 is 0.452 bits per heavy atom. The van der Waals surface area contributed by atoms with Crippen LogP contribution in [0.4, 0.5) is 0 Å². The summed E-state index contributed by atoms with van der Waals surface area (Å²) in [5.74, 6) is 0. The summed E-state index contributed by atoms with van der Waals surface area (Å²) >= 11 is 0. The van der Waals surface area contributed by atoms with E-state index < -0.39 is 0 Å². The molecular formula is C40H40O2. The molecule has 0 saturated heterocycles. The van der Waals surface area contributed by atoms with Crippen LogP contribution in [0.15, 0.2) is 93.8 Å². The number of benzene rings is 4. The van der Waals surface area contributed by atoms with Gasteiger partial charge in [0.25, 0.3) is 0 Å². The number of hydrogen-bond donors (Lipinski definition) is 0. The average Bonchev–Trinajstić information content (AvgIpc) is 3.55. The van der Waals surface area contributed by atoms with Gasteiger partial charge in [0.15, 0.2) is 11.2 Å². The summed E-state index contributed by atoms with van der Waals surface area (Å²) in [6.45, 7) is 4.50. The molecule has 0 fully saturated rings. The Balaban J connectivity index is 1.16. The Kier molecular flexibility index (Phi) is 8.70. The molecule has 0 unspecified atom stereocenters. The second kappa shape index (κ2) is 13.1. The van der Waals surface area contributed by atoms with E-state index in [1.54, 1.807) is 0 Å². The zero-order valence-corrected chi connectivity index (χ0v) is 24.9.